The van der Waals surface area contributed by atoms with Gasteiger partial charge in [-0.25, -0.2) is 10.4 Å². The molecule has 0 unspecified atom stereocenters. The van der Waals surface area contributed by atoms with E-state index in [1.165, 1.54) is 12.8 Å². The molecular weight excluding hydrogens is 342 g/mol. The number of aromatic nitrogens is 1. The van der Waals surface area contributed by atoms with Crippen LogP contribution in [-0.4, -0.2) is 16.6 Å². The minimum absolute atomic E-state index is 0.168. The molecule has 4 rings (SSSR count). The number of carbonyl (C=O) groups excluding carboxylic acids is 1. The lowest BCUT2D eigenvalue weighted by atomic mass is 10.1. The van der Waals surface area contributed by atoms with Crippen molar-refractivity contribution in [2.75, 3.05) is 0 Å². The lowest BCUT2D eigenvalue weighted by Gasteiger charge is -2.09. The highest BCUT2D eigenvalue weighted by Gasteiger charge is 2.14. The Labute approximate surface area is 157 Å². The molecule has 4 nitrogen and oxygen atoms in total. The van der Waals surface area contributed by atoms with Crippen LogP contribution >= 0.6 is 11.3 Å². The molecule has 1 amide bonds. The Hall–Kier alpha value is -2.53. The molecule has 26 heavy (non-hydrogen) atoms. The predicted octanol–water partition coefficient (Wildman–Crippen LogP) is 5.40. The van der Waals surface area contributed by atoms with Crippen LogP contribution in [0.1, 0.15) is 48.9 Å². The molecule has 132 valence electrons. The zero-order valence-electron chi connectivity index (χ0n) is 14.6. The molecule has 1 aliphatic rings. The van der Waals surface area contributed by atoms with Gasteiger partial charge in [0.25, 0.3) is 5.91 Å². The fourth-order valence-corrected chi connectivity index (χ4v) is 4.04. The number of pyridine rings is 1. The molecule has 2 aromatic heterocycles. The van der Waals surface area contributed by atoms with Crippen LogP contribution in [0.15, 0.2) is 52.9 Å². The van der Waals surface area contributed by atoms with E-state index < -0.39 is 0 Å². The number of hydrogen-bond donors (Lipinski definition) is 1. The Kier molecular flexibility index (Phi) is 5.07. The van der Waals surface area contributed by atoms with Gasteiger partial charge in [0.05, 0.1) is 21.7 Å². The number of amides is 1. The fraction of sp³-hybridized carbons (Fsp3) is 0.286. The second-order valence-electron chi connectivity index (χ2n) is 6.58. The first-order chi connectivity index (χ1) is 12.8. The van der Waals surface area contributed by atoms with E-state index in [1.807, 2.05) is 47.8 Å². The van der Waals surface area contributed by atoms with E-state index in [2.05, 4.69) is 10.5 Å². The van der Waals surface area contributed by atoms with Gasteiger partial charge in [0.2, 0.25) is 0 Å². The molecular formula is C21H21N3OS. The van der Waals surface area contributed by atoms with Crippen LogP contribution in [-0.2, 0) is 0 Å². The number of carbonyl (C=O) groups is 1. The molecule has 1 aliphatic carbocycles. The standard InChI is InChI=1S/C21H21N3OS/c25-21(24-23-15-8-3-1-2-4-9-15)17-14-19(20-12-7-13-26-20)22-18-11-6-5-10-16(17)18/h5-7,10-14H,1-4,8-9H2,(H,24,25). The predicted molar refractivity (Wildman–Crippen MR) is 108 cm³/mol. The van der Waals surface area contributed by atoms with E-state index in [9.17, 15) is 4.79 Å². The molecule has 1 N–H and O–H groups in total. The van der Waals surface area contributed by atoms with E-state index in [0.29, 0.717) is 5.56 Å². The van der Waals surface area contributed by atoms with Crippen LogP contribution in [0.5, 0.6) is 0 Å². The van der Waals surface area contributed by atoms with Gasteiger partial charge in [-0.05, 0) is 49.3 Å². The van der Waals surface area contributed by atoms with E-state index >= 15 is 0 Å². The summed E-state index contributed by atoms with van der Waals surface area (Å²) in [6.45, 7) is 0. The minimum atomic E-state index is -0.168. The number of nitrogens with one attached hydrogen (secondary N) is 1. The lowest BCUT2D eigenvalue weighted by Crippen LogP contribution is -2.20. The molecule has 2 heterocycles. The number of para-hydroxylation sites is 1. The Morgan fingerprint density at radius 2 is 1.85 bits per heavy atom. The summed E-state index contributed by atoms with van der Waals surface area (Å²) in [5.41, 5.74) is 6.16. The average Bonchev–Trinajstić information content (AvgIpc) is 3.09. The van der Waals surface area contributed by atoms with Crippen molar-refractivity contribution in [1.29, 1.82) is 0 Å². The molecule has 0 radical (unpaired) electrons. The number of hydrogen-bond acceptors (Lipinski definition) is 4. The van der Waals surface area contributed by atoms with Gasteiger partial charge in [0, 0.05) is 11.1 Å². The smallest absolute Gasteiger partial charge is 0.267 e. The van der Waals surface area contributed by atoms with Crippen LogP contribution in [0, 0.1) is 0 Å². The zero-order valence-corrected chi connectivity index (χ0v) is 15.4. The van der Waals surface area contributed by atoms with E-state index in [1.54, 1.807) is 11.3 Å². The van der Waals surface area contributed by atoms with Gasteiger partial charge in [0.1, 0.15) is 0 Å². The number of thiophene rings is 1. The quantitative estimate of drug-likeness (QED) is 0.500. The Morgan fingerprint density at radius 3 is 2.62 bits per heavy atom. The number of rotatable bonds is 3. The van der Waals surface area contributed by atoms with E-state index in [-0.39, 0.29) is 5.91 Å². The molecule has 0 bridgehead atoms. The number of benzene rings is 1. The van der Waals surface area contributed by atoms with Crippen molar-refractivity contribution in [3.8, 4) is 10.6 Å². The molecule has 1 aromatic carbocycles. The minimum Gasteiger partial charge on any atom is -0.267 e. The van der Waals surface area contributed by atoms with E-state index in [0.717, 1.165) is 52.9 Å². The zero-order chi connectivity index (χ0) is 17.8. The summed E-state index contributed by atoms with van der Waals surface area (Å²) in [6, 6.07) is 13.7. The van der Waals surface area contributed by atoms with Crippen molar-refractivity contribution in [3.05, 3.63) is 53.4 Å². The second-order valence-corrected chi connectivity index (χ2v) is 7.53. The molecule has 1 saturated carbocycles. The highest BCUT2D eigenvalue weighted by atomic mass is 32.1. The number of fused-ring (bicyclic) bond motifs is 1. The normalized spacial score (nSPS) is 14.8. The van der Waals surface area contributed by atoms with Gasteiger partial charge < -0.3 is 0 Å². The van der Waals surface area contributed by atoms with Crippen LogP contribution in [0.2, 0.25) is 0 Å². The Morgan fingerprint density at radius 1 is 1.04 bits per heavy atom. The molecule has 5 heteroatoms. The second kappa shape index (κ2) is 7.79. The summed E-state index contributed by atoms with van der Waals surface area (Å²) in [5, 5.41) is 7.29. The molecule has 0 saturated heterocycles. The van der Waals surface area contributed by atoms with Crippen molar-refractivity contribution < 1.29 is 4.79 Å². The van der Waals surface area contributed by atoms with Gasteiger partial charge in [-0.3, -0.25) is 4.79 Å². The largest absolute Gasteiger partial charge is 0.272 e. The maximum Gasteiger partial charge on any atom is 0.272 e. The van der Waals surface area contributed by atoms with Gasteiger partial charge in [-0.1, -0.05) is 37.1 Å². The van der Waals surface area contributed by atoms with Crippen molar-refractivity contribution in [2.24, 2.45) is 5.10 Å². The first-order valence-electron chi connectivity index (χ1n) is 9.11. The summed E-state index contributed by atoms with van der Waals surface area (Å²) in [4.78, 5) is 18.6. The van der Waals surface area contributed by atoms with Crippen LogP contribution in [0.25, 0.3) is 21.5 Å². The van der Waals surface area contributed by atoms with Crippen LogP contribution in [0.3, 0.4) is 0 Å². The average molecular weight is 363 g/mol. The van der Waals surface area contributed by atoms with Gasteiger partial charge in [-0.2, -0.15) is 5.10 Å². The van der Waals surface area contributed by atoms with Crippen molar-refractivity contribution >= 4 is 33.9 Å². The molecule has 0 atom stereocenters. The Bertz CT molecular complexity index is 937. The third-order valence-corrected chi connectivity index (χ3v) is 5.62. The molecule has 3 aromatic rings. The maximum atomic E-state index is 12.9. The monoisotopic (exact) mass is 363 g/mol. The first kappa shape index (κ1) is 16.9. The van der Waals surface area contributed by atoms with Gasteiger partial charge in [-0.15, -0.1) is 11.3 Å². The van der Waals surface area contributed by atoms with Crippen molar-refractivity contribution in [2.45, 2.75) is 38.5 Å². The number of hydrazone groups is 1. The number of nitrogens with zero attached hydrogens (tertiary/aromatic N) is 2. The molecule has 0 aliphatic heterocycles. The SMILES string of the molecule is O=C(NN=C1CCCCCC1)c1cc(-c2cccs2)nc2ccccc12. The summed E-state index contributed by atoms with van der Waals surface area (Å²) in [6.07, 6.45) is 6.80. The lowest BCUT2D eigenvalue weighted by molar-refractivity contribution is 0.0956. The van der Waals surface area contributed by atoms with E-state index in [4.69, 9.17) is 4.98 Å². The summed E-state index contributed by atoms with van der Waals surface area (Å²) in [7, 11) is 0. The third-order valence-electron chi connectivity index (χ3n) is 4.73. The topological polar surface area (TPSA) is 54.4 Å². The maximum absolute atomic E-state index is 12.9. The molecule has 1 fully saturated rings. The highest BCUT2D eigenvalue weighted by Crippen LogP contribution is 2.27. The highest BCUT2D eigenvalue weighted by molar-refractivity contribution is 7.13. The van der Waals surface area contributed by atoms with Crippen LogP contribution in [0.4, 0.5) is 0 Å². The summed E-state index contributed by atoms with van der Waals surface area (Å²) in [5.74, 6) is -0.168. The van der Waals surface area contributed by atoms with Crippen LogP contribution < -0.4 is 5.43 Å². The summed E-state index contributed by atoms with van der Waals surface area (Å²) >= 11 is 1.62. The fourth-order valence-electron chi connectivity index (χ4n) is 3.35. The third kappa shape index (κ3) is 3.68. The summed E-state index contributed by atoms with van der Waals surface area (Å²) < 4.78 is 0. The van der Waals surface area contributed by atoms with Crippen molar-refractivity contribution in [1.82, 2.24) is 10.4 Å². The first-order valence-corrected chi connectivity index (χ1v) is 9.99. The van der Waals surface area contributed by atoms with Gasteiger partial charge in [0.15, 0.2) is 0 Å². The van der Waals surface area contributed by atoms with Crippen molar-refractivity contribution in [3.63, 3.8) is 0 Å². The Balaban J connectivity index is 1.68. The van der Waals surface area contributed by atoms with Gasteiger partial charge >= 0.3 is 0 Å². The molecule has 0 spiro atoms.